The number of ether oxygens (including phenoxy) is 2. The van der Waals surface area contributed by atoms with E-state index in [1.807, 2.05) is 6.92 Å². The molecule has 5 aliphatic rings. The average molecular weight is 618 g/mol. The summed E-state index contributed by atoms with van der Waals surface area (Å²) in [5, 5.41) is 3.80. The highest BCUT2D eigenvalue weighted by Crippen LogP contribution is 2.46. The molecule has 0 radical (unpaired) electrons. The van der Waals surface area contributed by atoms with Gasteiger partial charge >= 0.3 is 12.2 Å². The van der Waals surface area contributed by atoms with E-state index in [2.05, 4.69) is 25.1 Å². The first-order valence-corrected chi connectivity index (χ1v) is 15.1. The van der Waals surface area contributed by atoms with E-state index in [9.17, 15) is 17.6 Å². The molecule has 9 nitrogen and oxygen atoms in total. The van der Waals surface area contributed by atoms with Crippen molar-refractivity contribution in [2.45, 2.75) is 81.1 Å². The molecule has 4 fully saturated rings. The summed E-state index contributed by atoms with van der Waals surface area (Å²) in [6.45, 7) is 3.65. The van der Waals surface area contributed by atoms with Crippen LogP contribution in [0.5, 0.6) is 11.9 Å². The van der Waals surface area contributed by atoms with Crippen molar-refractivity contribution in [1.82, 2.24) is 25.2 Å². The van der Waals surface area contributed by atoms with E-state index in [0.717, 1.165) is 50.4 Å². The van der Waals surface area contributed by atoms with Gasteiger partial charge in [0.25, 0.3) is 0 Å². The highest BCUT2D eigenvalue weighted by Gasteiger charge is 2.50. The Morgan fingerprint density at radius 1 is 1.18 bits per heavy atom. The van der Waals surface area contributed by atoms with Gasteiger partial charge < -0.3 is 25.4 Å². The highest BCUT2D eigenvalue weighted by molar-refractivity contribution is 5.97. The number of alkyl halides is 4. The van der Waals surface area contributed by atoms with Crippen LogP contribution in [0.1, 0.15) is 44.6 Å². The SMILES string of the molecule is C[C@@H]1Oc2nc(-c3cc(N)ccc3C(F)(F)F)c(F)c3nc(OC[C@@]45CCCN4C[C@H](F)C5)nc(c23)N2C[C@H]3CC[C@H](N3)[C@@H]12. The minimum absolute atomic E-state index is 0.0178. The summed E-state index contributed by atoms with van der Waals surface area (Å²) in [7, 11) is 0. The van der Waals surface area contributed by atoms with Crippen molar-refractivity contribution in [3.8, 4) is 23.1 Å². The second kappa shape index (κ2) is 9.74. The van der Waals surface area contributed by atoms with Crippen LogP contribution in [0.2, 0.25) is 0 Å². The van der Waals surface area contributed by atoms with Crippen LogP contribution in [0.3, 0.4) is 0 Å². The first kappa shape index (κ1) is 28.0. The molecule has 3 N–H and O–H groups in total. The number of nitrogens with zero attached hydrogens (tertiary/aromatic N) is 5. The Bertz CT molecular complexity index is 1660. The third-order valence-electron chi connectivity index (χ3n) is 10.1. The van der Waals surface area contributed by atoms with Crippen molar-refractivity contribution in [2.75, 3.05) is 36.9 Å². The number of hydrogen-bond acceptors (Lipinski definition) is 9. The summed E-state index contributed by atoms with van der Waals surface area (Å²) in [6.07, 6.45) is -2.38. The molecule has 8 rings (SSSR count). The molecule has 4 saturated heterocycles. The van der Waals surface area contributed by atoms with Crippen LogP contribution in [-0.4, -0.2) is 82.0 Å². The van der Waals surface area contributed by atoms with Gasteiger partial charge in [-0.3, -0.25) is 4.90 Å². The zero-order valence-electron chi connectivity index (χ0n) is 24.0. The van der Waals surface area contributed by atoms with Crippen molar-refractivity contribution in [3.63, 3.8) is 0 Å². The molecular formula is C30H32F5N7O2. The number of hydrogen-bond donors (Lipinski definition) is 2. The first-order chi connectivity index (χ1) is 21.0. The number of aromatic nitrogens is 3. The highest BCUT2D eigenvalue weighted by atomic mass is 19.4. The van der Waals surface area contributed by atoms with Crippen LogP contribution in [0.15, 0.2) is 18.2 Å². The van der Waals surface area contributed by atoms with Crippen LogP contribution < -0.4 is 25.4 Å². The lowest BCUT2D eigenvalue weighted by Crippen LogP contribution is -2.62. The second-order valence-corrected chi connectivity index (χ2v) is 12.8. The van der Waals surface area contributed by atoms with Crippen molar-refractivity contribution < 1.29 is 31.4 Å². The Kier molecular flexibility index (Phi) is 6.19. The summed E-state index contributed by atoms with van der Waals surface area (Å²) >= 11 is 0. The lowest BCUT2D eigenvalue weighted by atomic mass is 9.95. The molecule has 44 heavy (non-hydrogen) atoms. The zero-order chi connectivity index (χ0) is 30.5. The Morgan fingerprint density at radius 2 is 2.02 bits per heavy atom. The van der Waals surface area contributed by atoms with E-state index >= 15 is 4.39 Å². The standard InChI is InChI=1S/C30H32F5N7O2/c1-14-25-20-6-4-17(37-20)12-42(25)26-21-24(39-28(40-26)43-13-29-7-2-8-41(29)11-15(31)10-29)22(32)23(38-27(21)44-14)18-9-16(36)3-5-19(18)30(33,34)35/h3,5,9,14-15,17,20,25,37H,2,4,6-8,10-13,36H2,1H3/t14-,15+,17+,20-,25+,29-/m0/s1. The molecule has 14 heteroatoms. The second-order valence-electron chi connectivity index (χ2n) is 12.8. The molecule has 6 atom stereocenters. The Morgan fingerprint density at radius 3 is 2.84 bits per heavy atom. The number of nitrogens with two attached hydrogens (primary N) is 1. The fraction of sp³-hybridized carbons (Fsp3) is 0.567. The minimum atomic E-state index is -4.80. The molecule has 0 saturated carbocycles. The molecule has 7 heterocycles. The van der Waals surface area contributed by atoms with Crippen molar-refractivity contribution in [3.05, 3.63) is 29.6 Å². The minimum Gasteiger partial charge on any atom is -0.472 e. The number of pyridine rings is 1. The number of rotatable bonds is 4. The Hall–Kier alpha value is -3.52. The number of piperazine rings is 1. The van der Waals surface area contributed by atoms with Gasteiger partial charge in [-0.1, -0.05) is 0 Å². The molecule has 234 valence electrons. The smallest absolute Gasteiger partial charge is 0.417 e. The predicted molar refractivity (Wildman–Crippen MR) is 152 cm³/mol. The van der Waals surface area contributed by atoms with Crippen molar-refractivity contribution in [1.29, 1.82) is 0 Å². The van der Waals surface area contributed by atoms with Gasteiger partial charge in [-0.05, 0) is 57.4 Å². The fourth-order valence-electron chi connectivity index (χ4n) is 8.19. The normalized spacial score (nSPS) is 31.1. The third kappa shape index (κ3) is 4.27. The van der Waals surface area contributed by atoms with Gasteiger partial charge in [0.15, 0.2) is 5.82 Å². The lowest BCUT2D eigenvalue weighted by Gasteiger charge is -2.42. The molecular weight excluding hydrogens is 585 g/mol. The summed E-state index contributed by atoms with van der Waals surface area (Å²) in [6, 6.07) is 2.90. The summed E-state index contributed by atoms with van der Waals surface area (Å²) < 4.78 is 85.9. The third-order valence-corrected chi connectivity index (χ3v) is 10.1. The van der Waals surface area contributed by atoms with Crippen LogP contribution in [0, 0.1) is 5.82 Å². The van der Waals surface area contributed by atoms with E-state index in [4.69, 9.17) is 20.2 Å². The van der Waals surface area contributed by atoms with Gasteiger partial charge in [-0.2, -0.15) is 23.1 Å². The molecule has 3 aromatic rings. The molecule has 0 aliphatic carbocycles. The first-order valence-electron chi connectivity index (χ1n) is 15.1. The van der Waals surface area contributed by atoms with Crippen molar-refractivity contribution >= 4 is 22.4 Å². The van der Waals surface area contributed by atoms with Crippen molar-refractivity contribution in [2.24, 2.45) is 0 Å². The fourth-order valence-corrected chi connectivity index (χ4v) is 8.19. The van der Waals surface area contributed by atoms with Crippen LogP contribution >= 0.6 is 0 Å². The van der Waals surface area contributed by atoms with Gasteiger partial charge in [0, 0.05) is 42.8 Å². The Balaban J connectivity index is 1.31. The topological polar surface area (TPSA) is 102 Å². The van der Waals surface area contributed by atoms with Crippen LogP contribution in [0.25, 0.3) is 22.2 Å². The number of fused-ring (bicyclic) bond motifs is 6. The van der Waals surface area contributed by atoms with E-state index in [0.29, 0.717) is 25.3 Å². The number of benzene rings is 1. The predicted octanol–water partition coefficient (Wildman–Crippen LogP) is 4.48. The Labute approximate surface area is 249 Å². The van der Waals surface area contributed by atoms with Crippen LogP contribution in [0.4, 0.5) is 33.5 Å². The maximum absolute atomic E-state index is 16.6. The number of anilines is 2. The molecule has 2 bridgehead atoms. The van der Waals surface area contributed by atoms with Gasteiger partial charge in [0.1, 0.15) is 41.3 Å². The van der Waals surface area contributed by atoms with Gasteiger partial charge in [0.05, 0.1) is 17.1 Å². The lowest BCUT2D eigenvalue weighted by molar-refractivity contribution is -0.137. The number of nitrogen functional groups attached to an aromatic ring is 1. The van der Waals surface area contributed by atoms with E-state index in [1.165, 1.54) is 0 Å². The number of halogens is 5. The maximum atomic E-state index is 16.6. The van der Waals surface area contributed by atoms with Gasteiger partial charge in [0.2, 0.25) is 5.88 Å². The van der Waals surface area contributed by atoms with E-state index in [-0.39, 0.29) is 53.2 Å². The molecule has 0 amide bonds. The molecule has 1 aromatic carbocycles. The van der Waals surface area contributed by atoms with Gasteiger partial charge in [-0.15, -0.1) is 0 Å². The number of nitrogens with one attached hydrogen (secondary N) is 1. The quantitative estimate of drug-likeness (QED) is 0.324. The zero-order valence-corrected chi connectivity index (χ0v) is 24.0. The maximum Gasteiger partial charge on any atom is 0.417 e. The molecule has 5 aliphatic heterocycles. The summed E-state index contributed by atoms with van der Waals surface area (Å²) in [5.41, 5.74) is 2.95. The van der Waals surface area contributed by atoms with E-state index < -0.39 is 46.6 Å². The summed E-state index contributed by atoms with van der Waals surface area (Å²) in [5.74, 6) is -0.751. The molecule has 0 unspecified atom stereocenters. The van der Waals surface area contributed by atoms with Crippen LogP contribution in [-0.2, 0) is 6.18 Å². The summed E-state index contributed by atoms with van der Waals surface area (Å²) in [4.78, 5) is 17.7. The average Bonchev–Trinajstić information content (AvgIpc) is 3.60. The molecule has 2 aromatic heterocycles. The molecule has 0 spiro atoms. The van der Waals surface area contributed by atoms with Gasteiger partial charge in [-0.25, -0.2) is 13.8 Å². The largest absolute Gasteiger partial charge is 0.472 e. The van der Waals surface area contributed by atoms with E-state index in [1.54, 1.807) is 0 Å². The monoisotopic (exact) mass is 617 g/mol.